The third kappa shape index (κ3) is 5.03. The minimum absolute atomic E-state index is 0.222. The van der Waals surface area contributed by atoms with E-state index in [1.165, 1.54) is 0 Å². The monoisotopic (exact) mass is 414 g/mol. The highest BCUT2D eigenvalue weighted by Gasteiger charge is 2.22. The van der Waals surface area contributed by atoms with Crippen LogP contribution in [-0.4, -0.2) is 22.9 Å². The molecule has 152 valence electrons. The van der Waals surface area contributed by atoms with Crippen molar-refractivity contribution in [3.05, 3.63) is 61.2 Å². The number of nitrogens with one attached hydrogen (secondary N) is 2. The van der Waals surface area contributed by atoms with Gasteiger partial charge in [0, 0.05) is 18.8 Å². The van der Waals surface area contributed by atoms with Gasteiger partial charge in [-0.3, -0.25) is 29.2 Å². The zero-order valence-electron chi connectivity index (χ0n) is 15.0. The van der Waals surface area contributed by atoms with Crippen molar-refractivity contribution in [2.24, 2.45) is 0 Å². The van der Waals surface area contributed by atoms with Gasteiger partial charge in [-0.15, -0.1) is 0 Å². The number of H-pyrrole nitrogens is 1. The van der Waals surface area contributed by atoms with Gasteiger partial charge in [0.25, 0.3) is 15.6 Å². The Morgan fingerprint density at radius 3 is 2.61 bits per heavy atom. The molecule has 0 aliphatic rings. The van der Waals surface area contributed by atoms with Crippen LogP contribution in [0.25, 0.3) is 0 Å². The fraction of sp³-hybridized carbons (Fsp3) is 0.375. The second kappa shape index (κ2) is 8.78. The average Bonchev–Trinajstić information content (AvgIpc) is 2.61. The summed E-state index contributed by atoms with van der Waals surface area (Å²) in [6.07, 6.45) is 4.31. The molecule has 2 aromatic rings. The van der Waals surface area contributed by atoms with Crippen molar-refractivity contribution in [3.63, 3.8) is 0 Å². The molecule has 10 nitrogen and oxygen atoms in total. The normalized spacial score (nSPS) is 11.4. The van der Waals surface area contributed by atoms with Gasteiger partial charge >= 0.3 is 11.4 Å². The first-order chi connectivity index (χ1) is 13.2. The fourth-order valence-electron chi connectivity index (χ4n) is 2.48. The molecule has 0 aliphatic carbocycles. The van der Waals surface area contributed by atoms with Crippen molar-refractivity contribution in [3.8, 4) is 0 Å². The maximum absolute atomic E-state index is 13.4. The zero-order valence-corrected chi connectivity index (χ0v) is 15.8. The summed E-state index contributed by atoms with van der Waals surface area (Å²) in [4.78, 5) is 34.9. The number of halogens is 1. The molecular formula is C16H19FN4O6S. The Morgan fingerprint density at radius 2 is 1.96 bits per heavy atom. The lowest BCUT2D eigenvalue weighted by molar-refractivity contribution is -0.387. The van der Waals surface area contributed by atoms with Crippen molar-refractivity contribution in [1.82, 2.24) is 9.55 Å². The first-order valence-corrected chi connectivity index (χ1v) is 9.94. The van der Waals surface area contributed by atoms with Crippen LogP contribution in [0.4, 0.5) is 15.8 Å². The summed E-state index contributed by atoms with van der Waals surface area (Å²) in [6, 6.07) is 2.41. The summed E-state index contributed by atoms with van der Waals surface area (Å²) < 4.78 is 41.5. The highest BCUT2D eigenvalue weighted by Crippen LogP contribution is 2.23. The summed E-state index contributed by atoms with van der Waals surface area (Å²) in [5, 5.41) is 10.8. The number of nitro groups is 1. The number of benzene rings is 1. The Bertz CT molecular complexity index is 1090. The van der Waals surface area contributed by atoms with Crippen molar-refractivity contribution >= 4 is 21.4 Å². The van der Waals surface area contributed by atoms with Crippen molar-refractivity contribution < 1.29 is 17.7 Å². The predicted molar refractivity (Wildman–Crippen MR) is 99.3 cm³/mol. The molecule has 0 bridgehead atoms. The number of rotatable bonds is 9. The van der Waals surface area contributed by atoms with Gasteiger partial charge in [-0.2, -0.15) is 4.39 Å². The van der Waals surface area contributed by atoms with Crippen LogP contribution < -0.4 is 16.0 Å². The van der Waals surface area contributed by atoms with E-state index in [2.05, 4.69) is 0 Å². The quantitative estimate of drug-likeness (QED) is 0.365. The minimum atomic E-state index is -4.47. The van der Waals surface area contributed by atoms with E-state index in [4.69, 9.17) is 0 Å². The molecule has 0 unspecified atom stereocenters. The second-order valence-electron chi connectivity index (χ2n) is 6.04. The molecule has 2 rings (SSSR count). The summed E-state index contributed by atoms with van der Waals surface area (Å²) in [5.41, 5.74) is -3.08. The standard InChI is InChI=1S/C16H19FN4O6S/c1-2-3-4-5-8-20-10-14(15(22)18-16(20)23)28(26,27)19-11-6-7-12(17)13(9-11)21(24)25/h6-7,9-10,19H,2-5,8H2,1H3,(H,18,22,23). The molecule has 0 atom stereocenters. The number of nitro benzene ring substituents is 1. The van der Waals surface area contributed by atoms with Crippen LogP contribution in [0.15, 0.2) is 38.9 Å². The Kier molecular flexibility index (Phi) is 6.67. The van der Waals surface area contributed by atoms with E-state index in [-0.39, 0.29) is 12.2 Å². The lowest BCUT2D eigenvalue weighted by atomic mass is 10.2. The molecule has 0 aliphatic heterocycles. The topological polar surface area (TPSA) is 144 Å². The highest BCUT2D eigenvalue weighted by molar-refractivity contribution is 7.92. The van der Waals surface area contributed by atoms with Crippen LogP contribution >= 0.6 is 0 Å². The molecule has 0 radical (unpaired) electrons. The van der Waals surface area contributed by atoms with Crippen molar-refractivity contribution in [1.29, 1.82) is 0 Å². The largest absolute Gasteiger partial charge is 0.328 e. The van der Waals surface area contributed by atoms with Gasteiger partial charge in [0.2, 0.25) is 5.82 Å². The number of aryl methyl sites for hydroxylation is 1. The molecule has 0 spiro atoms. The number of aromatic amines is 1. The van der Waals surface area contributed by atoms with Gasteiger partial charge in [-0.25, -0.2) is 13.2 Å². The van der Waals surface area contributed by atoms with Gasteiger partial charge in [-0.05, 0) is 18.6 Å². The predicted octanol–water partition coefficient (Wildman–Crippen LogP) is 1.96. The molecule has 12 heteroatoms. The third-order valence-electron chi connectivity index (χ3n) is 3.92. The Labute approximate surface area is 159 Å². The molecule has 1 heterocycles. The van der Waals surface area contributed by atoms with E-state index in [1.807, 2.05) is 16.6 Å². The molecule has 0 saturated heterocycles. The summed E-state index contributed by atoms with van der Waals surface area (Å²) in [5.74, 6) is -1.13. The molecule has 1 aromatic carbocycles. The third-order valence-corrected chi connectivity index (χ3v) is 5.29. The summed E-state index contributed by atoms with van der Waals surface area (Å²) in [6.45, 7) is 2.24. The SMILES string of the molecule is CCCCCCn1cc(S(=O)(=O)Nc2ccc(F)c([N+](=O)[O-])c2)c(=O)[nH]c1=O. The first-order valence-electron chi connectivity index (χ1n) is 8.46. The lowest BCUT2D eigenvalue weighted by Crippen LogP contribution is -2.34. The van der Waals surface area contributed by atoms with Crippen molar-refractivity contribution in [2.45, 2.75) is 44.0 Å². The van der Waals surface area contributed by atoms with Gasteiger partial charge in [0.15, 0.2) is 4.90 Å². The molecule has 2 N–H and O–H groups in total. The number of aromatic nitrogens is 2. The van der Waals surface area contributed by atoms with Gasteiger partial charge in [0.05, 0.1) is 10.6 Å². The Balaban J connectivity index is 2.35. The van der Waals surface area contributed by atoms with Crippen LogP contribution in [0, 0.1) is 15.9 Å². The van der Waals surface area contributed by atoms with Crippen LogP contribution in [0.3, 0.4) is 0 Å². The molecular weight excluding hydrogens is 395 g/mol. The van der Waals surface area contributed by atoms with Crippen LogP contribution in [0.5, 0.6) is 0 Å². The smallest absolute Gasteiger partial charge is 0.299 e. The van der Waals surface area contributed by atoms with Gasteiger partial charge in [0.1, 0.15) is 0 Å². The lowest BCUT2D eigenvalue weighted by Gasteiger charge is -2.10. The molecule has 0 fully saturated rings. The second-order valence-corrected chi connectivity index (χ2v) is 7.69. The fourth-order valence-corrected chi connectivity index (χ4v) is 3.59. The first kappa shape index (κ1) is 21.3. The number of nitrogens with zero attached hydrogens (tertiary/aromatic N) is 2. The maximum atomic E-state index is 13.4. The Hall–Kier alpha value is -3.02. The van der Waals surface area contributed by atoms with Crippen LogP contribution in [0.2, 0.25) is 0 Å². The number of hydrogen-bond donors (Lipinski definition) is 2. The highest BCUT2D eigenvalue weighted by atomic mass is 32.2. The molecule has 1 aromatic heterocycles. The van der Waals surface area contributed by atoms with Crippen LogP contribution in [-0.2, 0) is 16.6 Å². The zero-order chi connectivity index (χ0) is 20.9. The van der Waals surface area contributed by atoms with Crippen molar-refractivity contribution in [2.75, 3.05) is 4.72 Å². The number of sulfonamides is 1. The maximum Gasteiger partial charge on any atom is 0.328 e. The molecule has 0 amide bonds. The molecule has 0 saturated carbocycles. The van der Waals surface area contributed by atoms with Gasteiger partial charge in [-0.1, -0.05) is 26.2 Å². The van der Waals surface area contributed by atoms with E-state index >= 15 is 0 Å². The van der Waals surface area contributed by atoms with E-state index in [0.717, 1.165) is 42.2 Å². The van der Waals surface area contributed by atoms with Gasteiger partial charge < -0.3 is 0 Å². The number of anilines is 1. The van der Waals surface area contributed by atoms with E-state index < -0.39 is 42.6 Å². The van der Waals surface area contributed by atoms with E-state index in [1.54, 1.807) is 0 Å². The number of unbranched alkanes of at least 4 members (excludes halogenated alkanes) is 3. The van der Waals surface area contributed by atoms with Crippen LogP contribution in [0.1, 0.15) is 32.6 Å². The Morgan fingerprint density at radius 1 is 1.25 bits per heavy atom. The summed E-state index contributed by atoms with van der Waals surface area (Å²) in [7, 11) is -4.47. The molecule has 28 heavy (non-hydrogen) atoms. The number of hydrogen-bond acceptors (Lipinski definition) is 6. The van der Waals surface area contributed by atoms with E-state index in [9.17, 15) is 32.5 Å². The van der Waals surface area contributed by atoms with E-state index in [0.29, 0.717) is 12.5 Å². The summed E-state index contributed by atoms with van der Waals surface area (Å²) >= 11 is 0. The average molecular weight is 414 g/mol. The minimum Gasteiger partial charge on any atom is -0.299 e.